The van der Waals surface area contributed by atoms with Crippen molar-refractivity contribution in [2.75, 3.05) is 13.2 Å². The quantitative estimate of drug-likeness (QED) is 0.676. The lowest BCUT2D eigenvalue weighted by Gasteiger charge is -2.33. The molecule has 0 atom stereocenters. The van der Waals surface area contributed by atoms with Crippen LogP contribution in [0.15, 0.2) is 30.3 Å². The van der Waals surface area contributed by atoms with Crippen molar-refractivity contribution < 1.29 is 14.3 Å². The minimum absolute atomic E-state index is 0.0154. The molecule has 0 radical (unpaired) electrons. The number of ketones is 1. The number of carbonyl (C=O) groups is 1. The summed E-state index contributed by atoms with van der Waals surface area (Å²) >= 11 is 0. The van der Waals surface area contributed by atoms with Crippen molar-refractivity contribution >= 4 is 5.78 Å². The predicted molar refractivity (Wildman–Crippen MR) is 50.7 cm³/mol. The van der Waals surface area contributed by atoms with E-state index in [9.17, 15) is 4.79 Å². The molecule has 1 aliphatic rings. The zero-order valence-corrected chi connectivity index (χ0v) is 8.03. The highest BCUT2D eigenvalue weighted by Gasteiger charge is 2.33. The van der Waals surface area contributed by atoms with Gasteiger partial charge in [0.25, 0.3) is 0 Å². The second kappa shape index (κ2) is 3.52. The summed E-state index contributed by atoms with van der Waals surface area (Å²) in [5.41, 5.74) is 0.938. The largest absolute Gasteiger partial charge is 0.338 e. The Morgan fingerprint density at radius 2 is 1.71 bits per heavy atom. The molecule has 14 heavy (non-hydrogen) atoms. The summed E-state index contributed by atoms with van der Waals surface area (Å²) in [6.07, 6.45) is 0. The van der Waals surface area contributed by atoms with Gasteiger partial charge >= 0.3 is 0 Å². The minimum atomic E-state index is -0.769. The first-order valence-electron chi connectivity index (χ1n) is 4.56. The van der Waals surface area contributed by atoms with E-state index < -0.39 is 5.79 Å². The molecule has 1 fully saturated rings. The van der Waals surface area contributed by atoms with Crippen molar-refractivity contribution in [1.82, 2.24) is 0 Å². The van der Waals surface area contributed by atoms with Gasteiger partial charge in [-0.2, -0.15) is 0 Å². The van der Waals surface area contributed by atoms with Gasteiger partial charge in [-0.3, -0.25) is 4.79 Å². The van der Waals surface area contributed by atoms with Crippen molar-refractivity contribution in [3.05, 3.63) is 35.9 Å². The molecule has 0 unspecified atom stereocenters. The molecule has 1 saturated heterocycles. The van der Waals surface area contributed by atoms with Gasteiger partial charge in [-0.1, -0.05) is 30.3 Å². The second-order valence-corrected chi connectivity index (χ2v) is 3.43. The van der Waals surface area contributed by atoms with Crippen LogP contribution in [0.3, 0.4) is 0 Å². The van der Waals surface area contributed by atoms with Crippen molar-refractivity contribution in [1.29, 1.82) is 0 Å². The molecule has 0 aliphatic carbocycles. The third-order valence-corrected chi connectivity index (χ3v) is 2.32. The Morgan fingerprint density at radius 3 is 2.29 bits per heavy atom. The molecule has 2 rings (SSSR count). The Bertz CT molecular complexity index is 322. The van der Waals surface area contributed by atoms with Crippen LogP contribution in [0.1, 0.15) is 12.5 Å². The van der Waals surface area contributed by atoms with E-state index in [2.05, 4.69) is 0 Å². The normalized spacial score (nSPS) is 20.8. The fourth-order valence-electron chi connectivity index (χ4n) is 1.43. The van der Waals surface area contributed by atoms with Gasteiger partial charge in [-0.15, -0.1) is 0 Å². The number of ether oxygens (including phenoxy) is 2. The summed E-state index contributed by atoms with van der Waals surface area (Å²) in [7, 11) is 0. The summed E-state index contributed by atoms with van der Waals surface area (Å²) in [6.45, 7) is 2.09. The molecular weight excluding hydrogens is 180 g/mol. The van der Waals surface area contributed by atoms with Crippen LogP contribution in [0.5, 0.6) is 0 Å². The van der Waals surface area contributed by atoms with Gasteiger partial charge in [-0.25, -0.2) is 0 Å². The molecule has 1 aromatic carbocycles. The molecule has 0 saturated carbocycles. The summed E-state index contributed by atoms with van der Waals surface area (Å²) in [4.78, 5) is 10.9. The first-order chi connectivity index (χ1) is 6.71. The van der Waals surface area contributed by atoms with Crippen LogP contribution in [0, 0.1) is 0 Å². The first-order valence-corrected chi connectivity index (χ1v) is 4.56. The third kappa shape index (κ3) is 1.69. The maximum absolute atomic E-state index is 10.9. The van der Waals surface area contributed by atoms with E-state index in [4.69, 9.17) is 9.47 Å². The monoisotopic (exact) mass is 192 g/mol. The Balaban J connectivity index is 2.21. The van der Waals surface area contributed by atoms with Crippen molar-refractivity contribution in [3.8, 4) is 0 Å². The SMILES string of the molecule is CC1(c2ccccc2)OCC(=O)CO1. The highest BCUT2D eigenvalue weighted by molar-refractivity contribution is 5.81. The van der Waals surface area contributed by atoms with Crippen LogP contribution in [0.4, 0.5) is 0 Å². The number of carbonyl (C=O) groups excluding carboxylic acids is 1. The number of benzene rings is 1. The number of hydrogen-bond acceptors (Lipinski definition) is 3. The summed E-state index contributed by atoms with van der Waals surface area (Å²) in [5, 5.41) is 0. The standard InChI is InChI=1S/C11H12O3/c1-11(9-5-3-2-4-6-9)13-7-10(12)8-14-11/h2-6H,7-8H2,1H3. The maximum atomic E-state index is 10.9. The van der Waals surface area contributed by atoms with Gasteiger partial charge in [0.15, 0.2) is 11.6 Å². The molecular formula is C11H12O3. The predicted octanol–water partition coefficient (Wildman–Crippen LogP) is 1.48. The van der Waals surface area contributed by atoms with Gasteiger partial charge < -0.3 is 9.47 Å². The van der Waals surface area contributed by atoms with Crippen LogP contribution in [0.2, 0.25) is 0 Å². The zero-order chi connectivity index (χ0) is 10.0. The smallest absolute Gasteiger partial charge is 0.192 e. The number of hydrogen-bond donors (Lipinski definition) is 0. The van der Waals surface area contributed by atoms with Crippen LogP contribution in [0.25, 0.3) is 0 Å². The first kappa shape index (κ1) is 9.37. The lowest BCUT2D eigenvalue weighted by atomic mass is 10.1. The van der Waals surface area contributed by atoms with E-state index in [1.807, 2.05) is 37.3 Å². The van der Waals surface area contributed by atoms with E-state index in [0.717, 1.165) is 5.56 Å². The summed E-state index contributed by atoms with van der Waals surface area (Å²) < 4.78 is 10.8. The molecule has 0 aromatic heterocycles. The molecule has 0 amide bonds. The highest BCUT2D eigenvalue weighted by Crippen LogP contribution is 2.28. The lowest BCUT2D eigenvalue weighted by Crippen LogP contribution is -2.39. The maximum Gasteiger partial charge on any atom is 0.192 e. The summed E-state index contributed by atoms with van der Waals surface area (Å²) in [6, 6.07) is 9.62. The molecule has 3 nitrogen and oxygen atoms in total. The van der Waals surface area contributed by atoms with Crippen molar-refractivity contribution in [2.24, 2.45) is 0 Å². The van der Waals surface area contributed by atoms with E-state index in [1.165, 1.54) is 0 Å². The average molecular weight is 192 g/mol. The van der Waals surface area contributed by atoms with Gasteiger partial charge in [0.2, 0.25) is 0 Å². The number of Topliss-reactive ketones (excluding diaryl/α,β-unsaturated/α-hetero) is 1. The Morgan fingerprint density at radius 1 is 1.14 bits per heavy atom. The number of rotatable bonds is 1. The Hall–Kier alpha value is -1.19. The molecule has 3 heteroatoms. The van der Waals surface area contributed by atoms with E-state index in [0.29, 0.717) is 0 Å². The van der Waals surface area contributed by atoms with E-state index >= 15 is 0 Å². The fourth-order valence-corrected chi connectivity index (χ4v) is 1.43. The van der Waals surface area contributed by atoms with Crippen molar-refractivity contribution in [3.63, 3.8) is 0 Å². The van der Waals surface area contributed by atoms with Gasteiger partial charge in [0.05, 0.1) is 0 Å². The highest BCUT2D eigenvalue weighted by atomic mass is 16.7. The molecule has 1 aromatic rings. The van der Waals surface area contributed by atoms with E-state index in [-0.39, 0.29) is 19.0 Å². The molecule has 1 aliphatic heterocycles. The van der Waals surface area contributed by atoms with Crippen LogP contribution >= 0.6 is 0 Å². The topological polar surface area (TPSA) is 35.5 Å². The molecule has 74 valence electrons. The van der Waals surface area contributed by atoms with E-state index in [1.54, 1.807) is 0 Å². The molecule has 0 spiro atoms. The lowest BCUT2D eigenvalue weighted by molar-refractivity contribution is -0.253. The van der Waals surface area contributed by atoms with Gasteiger partial charge in [0, 0.05) is 5.56 Å². The third-order valence-electron chi connectivity index (χ3n) is 2.32. The average Bonchev–Trinajstić information content (AvgIpc) is 2.24. The van der Waals surface area contributed by atoms with Crippen LogP contribution in [-0.2, 0) is 20.1 Å². The van der Waals surface area contributed by atoms with Gasteiger partial charge in [-0.05, 0) is 6.92 Å². The van der Waals surface area contributed by atoms with Crippen LogP contribution < -0.4 is 0 Å². The van der Waals surface area contributed by atoms with Gasteiger partial charge in [0.1, 0.15) is 13.2 Å². The van der Waals surface area contributed by atoms with Crippen LogP contribution in [-0.4, -0.2) is 19.0 Å². The van der Waals surface area contributed by atoms with Crippen molar-refractivity contribution in [2.45, 2.75) is 12.7 Å². The zero-order valence-electron chi connectivity index (χ0n) is 8.03. The summed E-state index contributed by atoms with van der Waals surface area (Å²) in [5.74, 6) is -0.784. The Kier molecular flexibility index (Phi) is 2.35. The molecule has 0 N–H and O–H groups in total. The fraction of sp³-hybridized carbons (Fsp3) is 0.364. The Labute approximate surface area is 82.6 Å². The molecule has 0 bridgehead atoms. The minimum Gasteiger partial charge on any atom is -0.338 e. The molecule has 1 heterocycles. The second-order valence-electron chi connectivity index (χ2n) is 3.43.